The monoisotopic (exact) mass is 357 g/mol. The summed E-state index contributed by atoms with van der Waals surface area (Å²) >= 11 is 6.70. The summed E-state index contributed by atoms with van der Waals surface area (Å²) in [6.07, 6.45) is 3.38. The first kappa shape index (κ1) is 12.3. The predicted molar refractivity (Wildman–Crippen MR) is 73.7 cm³/mol. The van der Waals surface area contributed by atoms with Gasteiger partial charge in [0.05, 0.1) is 16.1 Å². The fourth-order valence-electron chi connectivity index (χ4n) is 1.25. The molecule has 17 heavy (non-hydrogen) atoms. The van der Waals surface area contributed by atoms with E-state index in [1.54, 1.807) is 19.5 Å². The molecule has 0 bridgehead atoms. The number of aromatic nitrogens is 2. The quantitative estimate of drug-likeness (QED) is 0.907. The SMILES string of the molecule is COc1ccc(Nc2ncc(Br)cn2)cc1Br. The van der Waals surface area contributed by atoms with Crippen molar-refractivity contribution in [1.29, 1.82) is 0 Å². The lowest BCUT2D eigenvalue weighted by molar-refractivity contribution is 0.412. The summed E-state index contributed by atoms with van der Waals surface area (Å²) in [7, 11) is 1.63. The molecule has 0 aliphatic rings. The number of methoxy groups -OCH3 is 1. The minimum Gasteiger partial charge on any atom is -0.496 e. The Morgan fingerprint density at radius 3 is 2.47 bits per heavy atom. The molecular formula is C11H9Br2N3O. The van der Waals surface area contributed by atoms with E-state index in [2.05, 4.69) is 47.1 Å². The van der Waals surface area contributed by atoms with E-state index in [4.69, 9.17) is 4.74 Å². The Balaban J connectivity index is 2.19. The van der Waals surface area contributed by atoms with Gasteiger partial charge in [0.1, 0.15) is 5.75 Å². The Morgan fingerprint density at radius 1 is 1.18 bits per heavy atom. The molecule has 1 N–H and O–H groups in total. The molecule has 0 saturated heterocycles. The van der Waals surface area contributed by atoms with Gasteiger partial charge in [-0.15, -0.1) is 0 Å². The van der Waals surface area contributed by atoms with Crippen LogP contribution in [0.3, 0.4) is 0 Å². The first-order chi connectivity index (χ1) is 8.19. The third-order valence-electron chi connectivity index (χ3n) is 2.03. The highest BCUT2D eigenvalue weighted by molar-refractivity contribution is 9.10. The number of hydrogen-bond donors (Lipinski definition) is 1. The van der Waals surface area contributed by atoms with Crippen LogP contribution in [0.1, 0.15) is 0 Å². The molecule has 0 saturated carbocycles. The van der Waals surface area contributed by atoms with Gasteiger partial charge in [-0.2, -0.15) is 0 Å². The van der Waals surface area contributed by atoms with Gasteiger partial charge in [-0.05, 0) is 50.1 Å². The molecule has 0 atom stereocenters. The van der Waals surface area contributed by atoms with Gasteiger partial charge in [0.2, 0.25) is 5.95 Å². The fourth-order valence-corrected chi connectivity index (χ4v) is 2.00. The Kier molecular flexibility index (Phi) is 3.96. The average Bonchev–Trinajstić information content (AvgIpc) is 2.32. The van der Waals surface area contributed by atoms with Crippen LogP contribution in [0.25, 0.3) is 0 Å². The molecule has 88 valence electrons. The number of benzene rings is 1. The largest absolute Gasteiger partial charge is 0.496 e. The predicted octanol–water partition coefficient (Wildman–Crippen LogP) is 3.75. The van der Waals surface area contributed by atoms with Crippen molar-refractivity contribution in [3.63, 3.8) is 0 Å². The van der Waals surface area contributed by atoms with Crippen LogP contribution < -0.4 is 10.1 Å². The van der Waals surface area contributed by atoms with Gasteiger partial charge in [-0.3, -0.25) is 0 Å². The van der Waals surface area contributed by atoms with Crippen LogP contribution in [0, 0.1) is 0 Å². The second kappa shape index (κ2) is 5.46. The van der Waals surface area contributed by atoms with Crippen molar-refractivity contribution in [2.45, 2.75) is 0 Å². The molecule has 0 spiro atoms. The van der Waals surface area contributed by atoms with E-state index >= 15 is 0 Å². The molecule has 0 fully saturated rings. The lowest BCUT2D eigenvalue weighted by Gasteiger charge is -2.07. The molecule has 0 radical (unpaired) electrons. The highest BCUT2D eigenvalue weighted by atomic mass is 79.9. The van der Waals surface area contributed by atoms with Gasteiger partial charge in [0.15, 0.2) is 0 Å². The van der Waals surface area contributed by atoms with Crippen LogP contribution in [0.4, 0.5) is 11.6 Å². The summed E-state index contributed by atoms with van der Waals surface area (Å²) in [5, 5.41) is 3.09. The molecular weight excluding hydrogens is 350 g/mol. The van der Waals surface area contributed by atoms with Crippen molar-refractivity contribution in [2.75, 3.05) is 12.4 Å². The lowest BCUT2D eigenvalue weighted by Crippen LogP contribution is -1.96. The molecule has 0 aliphatic heterocycles. The van der Waals surface area contributed by atoms with E-state index in [1.165, 1.54) is 0 Å². The average molecular weight is 359 g/mol. The molecule has 6 heteroatoms. The van der Waals surface area contributed by atoms with E-state index in [0.717, 1.165) is 20.4 Å². The summed E-state index contributed by atoms with van der Waals surface area (Å²) < 4.78 is 6.88. The van der Waals surface area contributed by atoms with Crippen LogP contribution in [-0.2, 0) is 0 Å². The highest BCUT2D eigenvalue weighted by Gasteiger charge is 2.02. The fraction of sp³-hybridized carbons (Fsp3) is 0.0909. The third-order valence-corrected chi connectivity index (χ3v) is 3.06. The third kappa shape index (κ3) is 3.17. The first-order valence-corrected chi connectivity index (χ1v) is 6.36. The molecule has 0 unspecified atom stereocenters. The normalized spacial score (nSPS) is 10.1. The minimum absolute atomic E-state index is 0.547. The smallest absolute Gasteiger partial charge is 0.227 e. The van der Waals surface area contributed by atoms with Crippen molar-refractivity contribution < 1.29 is 4.74 Å². The maximum atomic E-state index is 5.15. The van der Waals surface area contributed by atoms with Crippen molar-refractivity contribution in [3.8, 4) is 5.75 Å². The zero-order valence-electron chi connectivity index (χ0n) is 8.95. The second-order valence-corrected chi connectivity index (χ2v) is 4.97. The van der Waals surface area contributed by atoms with Crippen molar-refractivity contribution in [1.82, 2.24) is 9.97 Å². The summed E-state index contributed by atoms with van der Waals surface area (Å²) in [4.78, 5) is 8.26. The number of nitrogens with one attached hydrogen (secondary N) is 1. The maximum absolute atomic E-state index is 5.15. The second-order valence-electron chi connectivity index (χ2n) is 3.20. The van der Waals surface area contributed by atoms with Crippen molar-refractivity contribution in [2.24, 2.45) is 0 Å². The topological polar surface area (TPSA) is 47.0 Å². The van der Waals surface area contributed by atoms with Crippen molar-refractivity contribution >= 4 is 43.5 Å². The Labute approximate surface area is 116 Å². The van der Waals surface area contributed by atoms with E-state index in [9.17, 15) is 0 Å². The van der Waals surface area contributed by atoms with Gasteiger partial charge >= 0.3 is 0 Å². The molecule has 1 aromatic carbocycles. The Morgan fingerprint density at radius 2 is 1.88 bits per heavy atom. The Hall–Kier alpha value is -1.14. The van der Waals surface area contributed by atoms with Crippen molar-refractivity contribution in [3.05, 3.63) is 39.5 Å². The Bertz CT molecular complexity index is 517. The summed E-state index contributed by atoms with van der Waals surface area (Å²) in [6, 6.07) is 5.67. The number of anilines is 2. The molecule has 1 aromatic heterocycles. The maximum Gasteiger partial charge on any atom is 0.227 e. The van der Waals surface area contributed by atoms with Crippen LogP contribution in [0.15, 0.2) is 39.5 Å². The van der Waals surface area contributed by atoms with Crippen LogP contribution in [0.2, 0.25) is 0 Å². The van der Waals surface area contributed by atoms with Gasteiger partial charge in [-0.1, -0.05) is 0 Å². The number of nitrogens with zero attached hydrogens (tertiary/aromatic N) is 2. The molecule has 2 aromatic rings. The standard InChI is InChI=1S/C11H9Br2N3O/c1-17-10-3-2-8(4-9(10)13)16-11-14-5-7(12)6-15-11/h2-6H,1H3,(H,14,15,16). The molecule has 2 rings (SSSR count). The lowest BCUT2D eigenvalue weighted by atomic mass is 10.3. The zero-order chi connectivity index (χ0) is 12.3. The highest BCUT2D eigenvalue weighted by Crippen LogP contribution is 2.28. The minimum atomic E-state index is 0.547. The zero-order valence-corrected chi connectivity index (χ0v) is 12.1. The van der Waals surface area contributed by atoms with Crippen LogP contribution >= 0.6 is 31.9 Å². The van der Waals surface area contributed by atoms with Gasteiger partial charge < -0.3 is 10.1 Å². The van der Waals surface area contributed by atoms with Crippen LogP contribution in [-0.4, -0.2) is 17.1 Å². The number of hydrogen-bond acceptors (Lipinski definition) is 4. The number of ether oxygens (including phenoxy) is 1. The van der Waals surface area contributed by atoms with E-state index in [0.29, 0.717) is 5.95 Å². The molecule has 0 amide bonds. The number of rotatable bonds is 3. The molecule has 4 nitrogen and oxygen atoms in total. The first-order valence-electron chi connectivity index (χ1n) is 4.77. The molecule has 1 heterocycles. The van der Waals surface area contributed by atoms with E-state index < -0.39 is 0 Å². The van der Waals surface area contributed by atoms with Crippen LogP contribution in [0.5, 0.6) is 5.75 Å². The van der Waals surface area contributed by atoms with Gasteiger partial charge in [0.25, 0.3) is 0 Å². The molecule has 0 aliphatic carbocycles. The van der Waals surface area contributed by atoms with Gasteiger partial charge in [-0.25, -0.2) is 9.97 Å². The van der Waals surface area contributed by atoms with Gasteiger partial charge in [0, 0.05) is 18.1 Å². The summed E-state index contributed by atoms with van der Waals surface area (Å²) in [6.45, 7) is 0. The summed E-state index contributed by atoms with van der Waals surface area (Å²) in [5.74, 6) is 1.33. The van der Waals surface area contributed by atoms with E-state index in [-0.39, 0.29) is 0 Å². The summed E-state index contributed by atoms with van der Waals surface area (Å²) in [5.41, 5.74) is 0.889. The number of halogens is 2. The van der Waals surface area contributed by atoms with E-state index in [1.807, 2.05) is 18.2 Å².